The van der Waals surface area contributed by atoms with Crippen molar-refractivity contribution in [1.82, 2.24) is 4.98 Å². The van der Waals surface area contributed by atoms with Gasteiger partial charge in [-0.3, -0.25) is 19.2 Å². The van der Waals surface area contributed by atoms with Gasteiger partial charge in [-0.05, 0) is 19.4 Å². The highest BCUT2D eigenvalue weighted by Crippen LogP contribution is 2.38. The highest BCUT2D eigenvalue weighted by Gasteiger charge is 2.52. The third-order valence-electron chi connectivity index (χ3n) is 5.09. The quantitative estimate of drug-likeness (QED) is 0.319. The largest absolute Gasteiger partial charge is 0.463 e. The van der Waals surface area contributed by atoms with Crippen molar-refractivity contribution in [2.75, 3.05) is 13.2 Å². The number of aromatic nitrogens is 1. The van der Waals surface area contributed by atoms with E-state index in [1.807, 2.05) is 6.07 Å². The molecule has 1 aromatic rings. The van der Waals surface area contributed by atoms with E-state index in [1.165, 1.54) is 6.20 Å². The van der Waals surface area contributed by atoms with Gasteiger partial charge in [-0.15, -0.1) is 0 Å². The first-order valence-electron chi connectivity index (χ1n) is 11.4. The van der Waals surface area contributed by atoms with Gasteiger partial charge in [0.15, 0.2) is 23.7 Å². The van der Waals surface area contributed by atoms with Crippen molar-refractivity contribution >= 4 is 41.6 Å². The van der Waals surface area contributed by atoms with Gasteiger partial charge in [-0.25, -0.2) is 9.78 Å². The number of ether oxygens (including phenoxy) is 6. The fourth-order valence-electron chi connectivity index (χ4n) is 3.61. The van der Waals surface area contributed by atoms with Crippen LogP contribution in [0.2, 0.25) is 0 Å². The molecule has 2 rings (SSSR count). The van der Waals surface area contributed by atoms with E-state index < -0.39 is 66.3 Å². The summed E-state index contributed by atoms with van der Waals surface area (Å²) >= 11 is 0.846. The monoisotopic (exact) mass is 552 g/mol. The number of thioether (sulfide) groups is 1. The fraction of sp³-hybridized carbons (Fsp3) is 0.542. The van der Waals surface area contributed by atoms with Crippen molar-refractivity contribution in [3.63, 3.8) is 0 Å². The first-order chi connectivity index (χ1) is 17.9. The maximum Gasteiger partial charge on any atom is 0.340 e. The maximum atomic E-state index is 12.3. The van der Waals surface area contributed by atoms with Gasteiger partial charge < -0.3 is 28.4 Å². The van der Waals surface area contributed by atoms with Gasteiger partial charge in [0.1, 0.15) is 23.8 Å². The summed E-state index contributed by atoms with van der Waals surface area (Å²) in [4.78, 5) is 63.8. The van der Waals surface area contributed by atoms with Crippen LogP contribution in [0.5, 0.6) is 0 Å². The van der Waals surface area contributed by atoms with Gasteiger partial charge in [-0.2, -0.15) is 5.26 Å². The molecule has 5 atom stereocenters. The van der Waals surface area contributed by atoms with Crippen LogP contribution in [0.15, 0.2) is 11.2 Å². The summed E-state index contributed by atoms with van der Waals surface area (Å²) in [7, 11) is 0. The smallest absolute Gasteiger partial charge is 0.340 e. The average Bonchev–Trinajstić information content (AvgIpc) is 2.81. The third kappa shape index (κ3) is 7.90. The number of pyridine rings is 1. The molecule has 0 N–H and O–H groups in total. The molecule has 206 valence electrons. The first kappa shape index (κ1) is 30.5. The Morgan fingerprint density at radius 2 is 1.53 bits per heavy atom. The zero-order valence-corrected chi connectivity index (χ0v) is 22.5. The molecule has 14 heteroatoms. The Morgan fingerprint density at radius 1 is 0.947 bits per heavy atom. The number of carbonyl (C=O) groups excluding carboxylic acids is 5. The van der Waals surface area contributed by atoms with E-state index in [1.54, 1.807) is 13.8 Å². The SMILES string of the molecule is CCOC(=O)c1cnc(S[C@@H]2O[C@H](COC(C)=O)[C@H](OC(C)=O)[C@H](OC(C)=O)[C@H]2OC(C)=O)c(C#N)c1C. The van der Waals surface area contributed by atoms with Gasteiger partial charge in [0.05, 0.1) is 17.7 Å². The molecule has 1 aromatic heterocycles. The van der Waals surface area contributed by atoms with E-state index in [-0.39, 0.29) is 22.8 Å². The Hall–Kier alpha value is -3.70. The molecule has 0 unspecified atom stereocenters. The summed E-state index contributed by atoms with van der Waals surface area (Å²) in [6.45, 7) is 7.43. The van der Waals surface area contributed by atoms with Crippen LogP contribution in [0.4, 0.5) is 0 Å². The lowest BCUT2D eigenvalue weighted by molar-refractivity contribution is -0.237. The van der Waals surface area contributed by atoms with E-state index >= 15 is 0 Å². The minimum absolute atomic E-state index is 0.0356. The molecule has 1 fully saturated rings. The molecule has 1 aliphatic rings. The first-order valence-corrected chi connectivity index (χ1v) is 12.3. The van der Waals surface area contributed by atoms with E-state index in [4.69, 9.17) is 28.4 Å². The second-order valence-corrected chi connectivity index (χ2v) is 9.08. The van der Waals surface area contributed by atoms with E-state index in [2.05, 4.69) is 4.98 Å². The van der Waals surface area contributed by atoms with E-state index in [0.29, 0.717) is 5.56 Å². The number of hydrogen-bond donors (Lipinski definition) is 0. The van der Waals surface area contributed by atoms with Gasteiger partial charge in [-0.1, -0.05) is 11.8 Å². The minimum Gasteiger partial charge on any atom is -0.463 e. The number of nitrogens with zero attached hydrogens (tertiary/aromatic N) is 2. The number of carbonyl (C=O) groups is 5. The van der Waals surface area contributed by atoms with Crippen molar-refractivity contribution in [2.45, 2.75) is 76.4 Å². The van der Waals surface area contributed by atoms with Crippen LogP contribution >= 0.6 is 11.8 Å². The van der Waals surface area contributed by atoms with Crippen LogP contribution in [-0.4, -0.2) is 77.9 Å². The Morgan fingerprint density at radius 3 is 2.05 bits per heavy atom. The van der Waals surface area contributed by atoms with Crippen molar-refractivity contribution in [3.8, 4) is 6.07 Å². The lowest BCUT2D eigenvalue weighted by Crippen LogP contribution is -2.61. The van der Waals surface area contributed by atoms with E-state index in [0.717, 1.165) is 39.5 Å². The Kier molecular flexibility index (Phi) is 11.0. The molecule has 0 aromatic carbocycles. The summed E-state index contributed by atoms with van der Waals surface area (Å²) in [6.07, 6.45) is -3.92. The van der Waals surface area contributed by atoms with Gasteiger partial charge in [0.25, 0.3) is 0 Å². The van der Waals surface area contributed by atoms with Crippen molar-refractivity contribution < 1.29 is 52.4 Å². The van der Waals surface area contributed by atoms with Crippen molar-refractivity contribution in [3.05, 3.63) is 22.9 Å². The minimum atomic E-state index is -1.36. The number of rotatable bonds is 9. The molecule has 0 saturated carbocycles. The topological polar surface area (TPSA) is 177 Å². The second kappa shape index (κ2) is 13.7. The maximum absolute atomic E-state index is 12.3. The summed E-state index contributed by atoms with van der Waals surface area (Å²) < 4.78 is 32.3. The normalized spacial score (nSPS) is 22.4. The zero-order chi connectivity index (χ0) is 28.6. The Bertz CT molecular complexity index is 1130. The molecule has 0 bridgehead atoms. The molecule has 0 amide bonds. The molecule has 1 aliphatic heterocycles. The summed E-state index contributed by atoms with van der Waals surface area (Å²) in [5.41, 5.74) is -0.750. The number of hydrogen-bond acceptors (Lipinski definition) is 14. The van der Waals surface area contributed by atoms with Crippen molar-refractivity contribution in [1.29, 1.82) is 5.26 Å². The molecule has 0 radical (unpaired) electrons. The Balaban J connectivity index is 2.57. The predicted octanol–water partition coefficient (Wildman–Crippen LogP) is 1.61. The van der Waals surface area contributed by atoms with Crippen LogP contribution < -0.4 is 0 Å². The standard InChI is InChI=1S/C24H28N2O11S/c1-7-32-23(31)17-9-26-22(16(8-25)11(17)2)38-24-21(36-15(6)30)20(35-14(5)29)19(34-13(4)28)18(37-24)10-33-12(3)27/h9,18-21,24H,7,10H2,1-6H3/t18-,19+,20+,21-,24+/m1/s1. The summed E-state index contributed by atoms with van der Waals surface area (Å²) in [6, 6.07) is 2.00. The highest BCUT2D eigenvalue weighted by atomic mass is 32.2. The van der Waals surface area contributed by atoms with Crippen LogP contribution in [0.3, 0.4) is 0 Å². The molecule has 1 saturated heterocycles. The van der Waals surface area contributed by atoms with Gasteiger partial charge >= 0.3 is 29.8 Å². The molecule has 2 heterocycles. The highest BCUT2D eigenvalue weighted by molar-refractivity contribution is 7.99. The summed E-state index contributed by atoms with van der Waals surface area (Å²) in [5, 5.41) is 9.93. The molecule has 0 spiro atoms. The lowest BCUT2D eigenvalue weighted by atomic mass is 9.99. The molecule has 38 heavy (non-hydrogen) atoms. The molecule has 13 nitrogen and oxygen atoms in total. The van der Waals surface area contributed by atoms with Crippen LogP contribution in [0, 0.1) is 18.3 Å². The molecular weight excluding hydrogens is 524 g/mol. The predicted molar refractivity (Wildman–Crippen MR) is 127 cm³/mol. The fourth-order valence-corrected chi connectivity index (χ4v) is 4.80. The van der Waals surface area contributed by atoms with Crippen LogP contribution in [-0.2, 0) is 47.6 Å². The molecular formula is C24H28N2O11S. The van der Waals surface area contributed by atoms with Gasteiger partial charge in [0.2, 0.25) is 0 Å². The third-order valence-corrected chi connectivity index (χ3v) is 6.23. The average molecular weight is 553 g/mol. The van der Waals surface area contributed by atoms with Crippen LogP contribution in [0.1, 0.15) is 56.1 Å². The Labute approximate surface area is 223 Å². The number of esters is 5. The lowest BCUT2D eigenvalue weighted by Gasteiger charge is -2.44. The van der Waals surface area contributed by atoms with Gasteiger partial charge in [0, 0.05) is 33.9 Å². The molecule has 0 aliphatic carbocycles. The summed E-state index contributed by atoms with van der Waals surface area (Å²) in [5.74, 6) is -3.59. The zero-order valence-electron chi connectivity index (χ0n) is 21.7. The van der Waals surface area contributed by atoms with Crippen LogP contribution in [0.25, 0.3) is 0 Å². The number of nitriles is 1. The second-order valence-electron chi connectivity index (χ2n) is 7.99. The van der Waals surface area contributed by atoms with E-state index in [9.17, 15) is 29.2 Å². The van der Waals surface area contributed by atoms with Crippen molar-refractivity contribution in [2.24, 2.45) is 0 Å².